The molecule has 3 nitrogen and oxygen atoms in total. The average molecular weight is 425 g/mol. The summed E-state index contributed by atoms with van der Waals surface area (Å²) in [5.74, 6) is 0.229. The normalized spacial score (nSPS) is 21.2. The van der Waals surface area contributed by atoms with E-state index in [0.29, 0.717) is 13.0 Å². The number of carbonyl (C=O) groups excluding carboxylic acids is 1. The Morgan fingerprint density at radius 3 is 2.47 bits per heavy atom. The topological polar surface area (TPSA) is 32.3 Å². The summed E-state index contributed by atoms with van der Waals surface area (Å²) in [6.45, 7) is 2.71. The van der Waals surface area contributed by atoms with Crippen molar-refractivity contribution in [3.8, 4) is 0 Å². The highest BCUT2D eigenvalue weighted by Crippen LogP contribution is 2.44. The molecule has 0 saturated carbocycles. The lowest BCUT2D eigenvalue weighted by molar-refractivity contribution is -0.141. The third-order valence-electron chi connectivity index (χ3n) is 7.17. The van der Waals surface area contributed by atoms with Crippen molar-refractivity contribution in [2.24, 2.45) is 0 Å². The summed E-state index contributed by atoms with van der Waals surface area (Å²) in [7, 11) is 0. The lowest BCUT2D eigenvalue weighted by Crippen LogP contribution is -2.57. The fourth-order valence-corrected chi connectivity index (χ4v) is 5.65. The monoisotopic (exact) mass is 424 g/mol. The number of benzene rings is 3. The molecule has 1 N–H and O–H groups in total. The summed E-state index contributed by atoms with van der Waals surface area (Å²) >= 11 is 0. The van der Waals surface area contributed by atoms with E-state index in [1.165, 1.54) is 27.8 Å². The molecule has 0 bridgehead atoms. The van der Waals surface area contributed by atoms with Gasteiger partial charge in [0.25, 0.3) is 0 Å². The first kappa shape index (κ1) is 21.0. The molecule has 2 atom stereocenters. The van der Waals surface area contributed by atoms with Crippen molar-refractivity contribution in [1.82, 2.24) is 10.2 Å². The summed E-state index contributed by atoms with van der Waals surface area (Å²) in [6.07, 6.45) is 5.49. The molecule has 0 aromatic heterocycles. The molecule has 1 amide bonds. The minimum Gasteiger partial charge on any atom is -0.316 e. The second-order valence-corrected chi connectivity index (χ2v) is 9.17. The molecule has 0 saturated heterocycles. The second kappa shape index (κ2) is 8.91. The number of carbonyl (C=O) groups is 1. The van der Waals surface area contributed by atoms with Crippen LogP contribution in [0, 0.1) is 0 Å². The number of fused-ring (bicyclic) bond motifs is 2. The van der Waals surface area contributed by atoms with Gasteiger partial charge >= 0.3 is 0 Å². The second-order valence-electron chi connectivity index (χ2n) is 9.17. The van der Waals surface area contributed by atoms with Gasteiger partial charge in [0.05, 0.1) is 0 Å². The van der Waals surface area contributed by atoms with Crippen LogP contribution in [-0.2, 0) is 29.8 Å². The molecular weight excluding hydrogens is 392 g/mol. The van der Waals surface area contributed by atoms with Crippen molar-refractivity contribution in [3.05, 3.63) is 107 Å². The Morgan fingerprint density at radius 1 is 0.938 bits per heavy atom. The standard InChI is InChI=1S/C29H32N2O/c1-2-10-28(32)31(21-22-11-4-3-5-12-22)29(20-19-24-14-7-9-16-26(24)29)30-27-18-17-23-13-6-8-15-25(23)27/h3-9,11-16,27,30H,2,10,17-21H2,1H3. The molecule has 0 fully saturated rings. The SMILES string of the molecule is CCCC(=O)N(Cc1ccccc1)C1(NC2CCc3ccccc32)CCc2ccccc21. The fourth-order valence-electron chi connectivity index (χ4n) is 5.65. The Morgan fingerprint density at radius 2 is 1.66 bits per heavy atom. The van der Waals surface area contributed by atoms with E-state index in [2.05, 4.69) is 89.9 Å². The van der Waals surface area contributed by atoms with Crippen LogP contribution in [0.25, 0.3) is 0 Å². The largest absolute Gasteiger partial charge is 0.316 e. The molecule has 2 aliphatic carbocycles. The van der Waals surface area contributed by atoms with Crippen molar-refractivity contribution in [1.29, 1.82) is 0 Å². The van der Waals surface area contributed by atoms with Gasteiger partial charge in [0, 0.05) is 19.0 Å². The van der Waals surface area contributed by atoms with Crippen LogP contribution in [0.4, 0.5) is 0 Å². The molecule has 0 spiro atoms. The Kier molecular flexibility index (Phi) is 5.84. The Hall–Kier alpha value is -2.91. The van der Waals surface area contributed by atoms with Gasteiger partial charge in [0.15, 0.2) is 0 Å². The van der Waals surface area contributed by atoms with E-state index in [0.717, 1.165) is 32.1 Å². The van der Waals surface area contributed by atoms with Crippen molar-refractivity contribution in [2.45, 2.75) is 63.7 Å². The predicted octanol–water partition coefficient (Wildman–Crippen LogP) is 5.89. The summed E-state index contributed by atoms with van der Waals surface area (Å²) < 4.78 is 0. The number of amides is 1. The highest BCUT2D eigenvalue weighted by molar-refractivity contribution is 5.77. The van der Waals surface area contributed by atoms with Crippen LogP contribution in [0.15, 0.2) is 78.9 Å². The maximum atomic E-state index is 13.7. The average Bonchev–Trinajstić information content (AvgIpc) is 3.41. The molecule has 3 aromatic rings. The number of nitrogens with zero attached hydrogens (tertiary/aromatic N) is 1. The maximum absolute atomic E-state index is 13.7. The first-order chi connectivity index (χ1) is 15.7. The highest BCUT2D eigenvalue weighted by Gasteiger charge is 2.47. The molecule has 164 valence electrons. The number of hydrogen-bond acceptors (Lipinski definition) is 2. The maximum Gasteiger partial charge on any atom is 0.224 e. The molecular formula is C29H32N2O. The zero-order chi connectivity index (χ0) is 22.0. The molecule has 5 rings (SSSR count). The number of aryl methyl sites for hydroxylation is 2. The van der Waals surface area contributed by atoms with Gasteiger partial charge in [-0.2, -0.15) is 0 Å². The van der Waals surface area contributed by atoms with E-state index >= 15 is 0 Å². The van der Waals surface area contributed by atoms with Gasteiger partial charge in [0.2, 0.25) is 5.91 Å². The van der Waals surface area contributed by atoms with Gasteiger partial charge in [-0.15, -0.1) is 0 Å². The van der Waals surface area contributed by atoms with Crippen molar-refractivity contribution in [3.63, 3.8) is 0 Å². The minimum atomic E-state index is -0.485. The van der Waals surface area contributed by atoms with Gasteiger partial charge in [-0.25, -0.2) is 0 Å². The van der Waals surface area contributed by atoms with Gasteiger partial charge in [-0.1, -0.05) is 85.8 Å². The summed E-state index contributed by atoms with van der Waals surface area (Å²) in [5, 5.41) is 4.07. The van der Waals surface area contributed by atoms with E-state index in [4.69, 9.17) is 0 Å². The van der Waals surface area contributed by atoms with Crippen LogP contribution in [-0.4, -0.2) is 10.8 Å². The van der Waals surface area contributed by atoms with Crippen molar-refractivity contribution in [2.75, 3.05) is 0 Å². The molecule has 2 unspecified atom stereocenters. The molecule has 0 radical (unpaired) electrons. The van der Waals surface area contributed by atoms with Crippen LogP contribution in [0.2, 0.25) is 0 Å². The lowest BCUT2D eigenvalue weighted by atomic mass is 9.95. The van der Waals surface area contributed by atoms with Gasteiger partial charge in [-0.05, 0) is 59.9 Å². The molecule has 0 aliphatic heterocycles. The van der Waals surface area contributed by atoms with Gasteiger partial charge < -0.3 is 4.90 Å². The van der Waals surface area contributed by atoms with E-state index in [1.54, 1.807) is 0 Å². The predicted molar refractivity (Wildman–Crippen MR) is 129 cm³/mol. The van der Waals surface area contributed by atoms with Crippen molar-refractivity contribution < 1.29 is 4.79 Å². The van der Waals surface area contributed by atoms with Crippen LogP contribution in [0.1, 0.15) is 66.5 Å². The van der Waals surface area contributed by atoms with E-state index in [9.17, 15) is 4.79 Å². The molecule has 2 aliphatic rings. The zero-order valence-corrected chi connectivity index (χ0v) is 18.9. The summed E-state index contributed by atoms with van der Waals surface area (Å²) in [4.78, 5) is 15.8. The Bertz CT molecular complexity index is 1090. The summed E-state index contributed by atoms with van der Waals surface area (Å²) in [6, 6.07) is 28.1. The first-order valence-corrected chi connectivity index (χ1v) is 12.0. The molecule has 3 aromatic carbocycles. The third-order valence-corrected chi connectivity index (χ3v) is 7.17. The zero-order valence-electron chi connectivity index (χ0n) is 18.9. The van der Waals surface area contributed by atoms with Crippen molar-refractivity contribution >= 4 is 5.91 Å². The smallest absolute Gasteiger partial charge is 0.224 e. The Balaban J connectivity index is 1.59. The Labute approximate surface area is 191 Å². The minimum absolute atomic E-state index is 0.229. The molecule has 0 heterocycles. The summed E-state index contributed by atoms with van der Waals surface area (Å²) in [5.41, 5.74) is 6.13. The van der Waals surface area contributed by atoms with E-state index in [-0.39, 0.29) is 11.9 Å². The van der Waals surface area contributed by atoms with E-state index < -0.39 is 5.66 Å². The third kappa shape index (κ3) is 3.75. The number of nitrogens with one attached hydrogen (secondary N) is 1. The fraction of sp³-hybridized carbons (Fsp3) is 0.345. The van der Waals surface area contributed by atoms with Crippen LogP contribution >= 0.6 is 0 Å². The van der Waals surface area contributed by atoms with Crippen LogP contribution in [0.5, 0.6) is 0 Å². The lowest BCUT2D eigenvalue weighted by Gasteiger charge is -2.45. The molecule has 32 heavy (non-hydrogen) atoms. The molecule has 3 heteroatoms. The number of rotatable bonds is 7. The van der Waals surface area contributed by atoms with E-state index in [1.807, 2.05) is 6.07 Å². The number of hydrogen-bond donors (Lipinski definition) is 1. The highest BCUT2D eigenvalue weighted by atomic mass is 16.2. The first-order valence-electron chi connectivity index (χ1n) is 12.0. The van der Waals surface area contributed by atoms with Crippen LogP contribution in [0.3, 0.4) is 0 Å². The van der Waals surface area contributed by atoms with Gasteiger partial charge in [-0.3, -0.25) is 10.1 Å². The quantitative estimate of drug-likeness (QED) is 0.480. The van der Waals surface area contributed by atoms with Crippen LogP contribution < -0.4 is 5.32 Å². The van der Waals surface area contributed by atoms with Gasteiger partial charge in [0.1, 0.15) is 5.66 Å².